The molecule has 6 N–H and O–H groups in total. The molecule has 0 saturated carbocycles. The summed E-state index contributed by atoms with van der Waals surface area (Å²) < 4.78 is 0. The Kier molecular flexibility index (Phi) is 2.25. The number of hydrogen-bond donors (Lipinski definition) is 4. The summed E-state index contributed by atoms with van der Waals surface area (Å²) in [6.45, 7) is 0. The minimum absolute atomic E-state index is 0.234. The molecule has 0 fully saturated rings. The molecule has 0 radical (unpaired) electrons. The van der Waals surface area contributed by atoms with Gasteiger partial charge in [0.2, 0.25) is 0 Å². The van der Waals surface area contributed by atoms with E-state index in [1.807, 2.05) is 0 Å². The van der Waals surface area contributed by atoms with Gasteiger partial charge in [-0.2, -0.15) is 0 Å². The highest BCUT2D eigenvalue weighted by Gasteiger charge is 2.07. The van der Waals surface area contributed by atoms with Crippen molar-refractivity contribution in [2.45, 2.75) is 0 Å². The second-order valence-corrected chi connectivity index (χ2v) is 1.30. The third kappa shape index (κ3) is 1.81. The molecular formula is C4H7N3O2. The summed E-state index contributed by atoms with van der Waals surface area (Å²) in [6, 6.07) is 0. The fourth-order valence-electron chi connectivity index (χ4n) is 0.207. The summed E-state index contributed by atoms with van der Waals surface area (Å²) in [7, 11) is 0. The number of hydrogen-bond acceptors (Lipinski definition) is 4. The van der Waals surface area contributed by atoms with E-state index in [4.69, 9.17) is 22.0 Å². The Morgan fingerprint density at radius 2 is 2.11 bits per heavy atom. The van der Waals surface area contributed by atoms with Crippen molar-refractivity contribution in [1.29, 1.82) is 5.41 Å². The van der Waals surface area contributed by atoms with Crippen LogP contribution in [0.15, 0.2) is 11.9 Å². The monoisotopic (exact) mass is 129 g/mol. The number of rotatable bonds is 2. The molecule has 0 rings (SSSR count). The van der Waals surface area contributed by atoms with Gasteiger partial charge in [-0.05, 0) is 0 Å². The second-order valence-electron chi connectivity index (χ2n) is 1.30. The molecule has 0 spiro atoms. The van der Waals surface area contributed by atoms with E-state index in [0.717, 1.165) is 6.20 Å². The zero-order valence-corrected chi connectivity index (χ0v) is 4.59. The van der Waals surface area contributed by atoms with Gasteiger partial charge < -0.3 is 16.6 Å². The van der Waals surface area contributed by atoms with Gasteiger partial charge in [0.1, 0.15) is 0 Å². The molecule has 0 aliphatic rings. The van der Waals surface area contributed by atoms with Gasteiger partial charge in [-0.1, -0.05) is 0 Å². The lowest BCUT2D eigenvalue weighted by molar-refractivity contribution is -0.129. The third-order valence-corrected chi connectivity index (χ3v) is 0.682. The Hall–Kier alpha value is -1.52. The number of aliphatic carboxylic acids is 1. The number of nitrogens with one attached hydrogen (secondary N) is 1. The van der Waals surface area contributed by atoms with Crippen molar-refractivity contribution in [2.24, 2.45) is 11.5 Å². The van der Waals surface area contributed by atoms with E-state index in [1.165, 1.54) is 0 Å². The molecule has 0 bridgehead atoms. The average Bonchev–Trinajstić information content (AvgIpc) is 1.84. The maximum absolute atomic E-state index is 9.90. The summed E-state index contributed by atoms with van der Waals surface area (Å²) in [5.74, 6) is -1.38. The molecule has 9 heavy (non-hydrogen) atoms. The predicted molar refractivity (Wildman–Crippen MR) is 31.8 cm³/mol. The first kappa shape index (κ1) is 7.48. The smallest absolute Gasteiger partial charge is 0.356 e. The van der Waals surface area contributed by atoms with Crippen LogP contribution in [0.1, 0.15) is 0 Å². The molecule has 0 amide bonds. The Morgan fingerprint density at radius 1 is 1.67 bits per heavy atom. The van der Waals surface area contributed by atoms with Crippen LogP contribution in [-0.4, -0.2) is 16.8 Å². The molecule has 0 heterocycles. The first-order chi connectivity index (χ1) is 4.09. The Morgan fingerprint density at radius 3 is 2.22 bits per heavy atom. The van der Waals surface area contributed by atoms with Crippen molar-refractivity contribution in [3.8, 4) is 0 Å². The number of carbonyl (C=O) groups is 1. The van der Waals surface area contributed by atoms with Crippen molar-refractivity contribution in [1.82, 2.24) is 0 Å². The van der Waals surface area contributed by atoms with Crippen LogP contribution in [0.25, 0.3) is 0 Å². The van der Waals surface area contributed by atoms with Gasteiger partial charge in [0, 0.05) is 6.20 Å². The Labute approximate surface area is 51.5 Å². The van der Waals surface area contributed by atoms with Crippen LogP contribution in [-0.2, 0) is 4.79 Å². The predicted octanol–water partition coefficient (Wildman–Crippen LogP) is -1.15. The van der Waals surface area contributed by atoms with E-state index in [9.17, 15) is 4.79 Å². The molecule has 0 aliphatic heterocycles. The molecular weight excluding hydrogens is 122 g/mol. The normalized spacial score (nSPS) is 10.9. The van der Waals surface area contributed by atoms with Crippen molar-refractivity contribution < 1.29 is 9.90 Å². The largest absolute Gasteiger partial charge is 0.476 e. The fraction of sp³-hybridized carbons (Fsp3) is 0. The van der Waals surface area contributed by atoms with Crippen LogP contribution >= 0.6 is 0 Å². The molecule has 0 unspecified atom stereocenters. The average molecular weight is 129 g/mol. The molecule has 5 heteroatoms. The Balaban J connectivity index is 4.23. The van der Waals surface area contributed by atoms with Crippen molar-refractivity contribution >= 4 is 11.7 Å². The molecule has 50 valence electrons. The van der Waals surface area contributed by atoms with Crippen LogP contribution in [0.2, 0.25) is 0 Å². The lowest BCUT2D eigenvalue weighted by Crippen LogP contribution is -2.20. The maximum Gasteiger partial charge on any atom is 0.356 e. The zero-order valence-electron chi connectivity index (χ0n) is 4.59. The highest BCUT2D eigenvalue weighted by molar-refractivity contribution is 6.40. The minimum Gasteiger partial charge on any atom is -0.476 e. The van der Waals surface area contributed by atoms with E-state index in [2.05, 4.69) is 0 Å². The van der Waals surface area contributed by atoms with Crippen LogP contribution in [0.5, 0.6) is 0 Å². The first-order valence-electron chi connectivity index (χ1n) is 2.09. The molecule has 5 nitrogen and oxygen atoms in total. The SMILES string of the molecule is N=C(C(=O)O)/C(N)=C\N. The molecule has 0 saturated heterocycles. The van der Waals surface area contributed by atoms with Gasteiger partial charge in [-0.15, -0.1) is 0 Å². The topological polar surface area (TPSA) is 113 Å². The van der Waals surface area contributed by atoms with Crippen LogP contribution in [0, 0.1) is 5.41 Å². The summed E-state index contributed by atoms with van der Waals surface area (Å²) in [5, 5.41) is 14.8. The van der Waals surface area contributed by atoms with Gasteiger partial charge >= 0.3 is 5.97 Å². The second kappa shape index (κ2) is 2.71. The van der Waals surface area contributed by atoms with Crippen molar-refractivity contribution in [3.05, 3.63) is 11.9 Å². The Bertz CT molecular complexity index is 173. The molecule has 0 aromatic heterocycles. The van der Waals surface area contributed by atoms with Crippen molar-refractivity contribution in [3.63, 3.8) is 0 Å². The van der Waals surface area contributed by atoms with Gasteiger partial charge in [0.05, 0.1) is 5.70 Å². The van der Waals surface area contributed by atoms with Crippen LogP contribution in [0.3, 0.4) is 0 Å². The van der Waals surface area contributed by atoms with E-state index >= 15 is 0 Å². The highest BCUT2D eigenvalue weighted by Crippen LogP contribution is 1.82. The number of carboxylic acid groups (broad SMARTS) is 1. The summed E-state index contributed by atoms with van der Waals surface area (Å²) >= 11 is 0. The van der Waals surface area contributed by atoms with Crippen molar-refractivity contribution in [2.75, 3.05) is 0 Å². The van der Waals surface area contributed by atoms with E-state index in [0.29, 0.717) is 0 Å². The maximum atomic E-state index is 9.90. The lowest BCUT2D eigenvalue weighted by atomic mass is 10.3. The molecule has 0 aromatic rings. The van der Waals surface area contributed by atoms with E-state index in [-0.39, 0.29) is 5.70 Å². The van der Waals surface area contributed by atoms with Gasteiger partial charge in [-0.3, -0.25) is 5.41 Å². The standard InChI is InChI=1S/C4H7N3O2/c5-1-2(6)3(7)4(8)9/h1,7H,5-6H2,(H,8,9)/b2-1+,7-3?. The molecule has 0 aromatic carbocycles. The highest BCUT2D eigenvalue weighted by atomic mass is 16.4. The van der Waals surface area contributed by atoms with Crippen LogP contribution < -0.4 is 11.5 Å². The summed E-state index contributed by atoms with van der Waals surface area (Å²) in [5.41, 5.74) is 8.85. The van der Waals surface area contributed by atoms with Crippen LogP contribution in [0.4, 0.5) is 0 Å². The number of carboxylic acids is 1. The van der Waals surface area contributed by atoms with Gasteiger partial charge in [0.25, 0.3) is 0 Å². The summed E-state index contributed by atoms with van der Waals surface area (Å²) in [4.78, 5) is 9.90. The van der Waals surface area contributed by atoms with E-state index in [1.54, 1.807) is 0 Å². The fourth-order valence-corrected chi connectivity index (χ4v) is 0.207. The quantitative estimate of drug-likeness (QED) is 0.352. The third-order valence-electron chi connectivity index (χ3n) is 0.682. The number of nitrogens with two attached hydrogens (primary N) is 2. The summed E-state index contributed by atoms with van der Waals surface area (Å²) in [6.07, 6.45) is 0.871. The minimum atomic E-state index is -1.38. The molecule has 0 aliphatic carbocycles. The van der Waals surface area contributed by atoms with E-state index < -0.39 is 11.7 Å². The lowest BCUT2D eigenvalue weighted by Gasteiger charge is -1.93. The molecule has 0 atom stereocenters. The first-order valence-corrected chi connectivity index (χ1v) is 2.09. The van der Waals surface area contributed by atoms with Gasteiger partial charge in [-0.25, -0.2) is 4.79 Å². The van der Waals surface area contributed by atoms with Gasteiger partial charge in [0.15, 0.2) is 5.71 Å². The zero-order chi connectivity index (χ0) is 7.44.